The molecule has 2 N–H and O–H groups in total. The van der Waals surface area contributed by atoms with E-state index in [4.69, 9.17) is 28.6 Å². The first-order valence-corrected chi connectivity index (χ1v) is 11.1. The number of rotatable bonds is 9. The number of thioether (sulfide) groups is 1. The average Bonchev–Trinajstić information content (AvgIpc) is 2.67. The van der Waals surface area contributed by atoms with Crippen molar-refractivity contribution in [1.82, 2.24) is 5.32 Å². The van der Waals surface area contributed by atoms with Crippen molar-refractivity contribution in [3.8, 4) is 0 Å². The SMILES string of the molecule is CCOC(=O)c1ccc(C)c(NC(=S)NCCCSCc2ccccc2Cl)c1. The van der Waals surface area contributed by atoms with Crippen LogP contribution in [0.2, 0.25) is 5.02 Å². The molecule has 2 aromatic carbocycles. The van der Waals surface area contributed by atoms with E-state index in [1.165, 1.54) is 0 Å². The zero-order valence-corrected chi connectivity index (χ0v) is 18.5. The molecule has 0 amide bonds. The van der Waals surface area contributed by atoms with Crippen LogP contribution >= 0.6 is 35.6 Å². The number of carbonyl (C=O) groups is 1. The Balaban J connectivity index is 1.71. The van der Waals surface area contributed by atoms with Crippen LogP contribution in [0.4, 0.5) is 5.69 Å². The fraction of sp³-hybridized carbons (Fsp3) is 0.333. The Morgan fingerprint density at radius 3 is 2.79 bits per heavy atom. The second-order valence-corrected chi connectivity index (χ2v) is 8.05. The summed E-state index contributed by atoms with van der Waals surface area (Å²) in [5, 5.41) is 7.73. The molecule has 0 bridgehead atoms. The van der Waals surface area contributed by atoms with E-state index < -0.39 is 0 Å². The summed E-state index contributed by atoms with van der Waals surface area (Å²) in [7, 11) is 0. The molecule has 0 aliphatic carbocycles. The lowest BCUT2D eigenvalue weighted by molar-refractivity contribution is 0.0526. The van der Waals surface area contributed by atoms with Gasteiger partial charge in [-0.25, -0.2) is 4.79 Å². The van der Waals surface area contributed by atoms with Gasteiger partial charge in [-0.1, -0.05) is 35.9 Å². The van der Waals surface area contributed by atoms with Gasteiger partial charge in [-0.05, 0) is 67.6 Å². The van der Waals surface area contributed by atoms with Crippen LogP contribution in [0.5, 0.6) is 0 Å². The van der Waals surface area contributed by atoms with Crippen LogP contribution in [0.3, 0.4) is 0 Å². The zero-order valence-electron chi connectivity index (χ0n) is 16.1. The topological polar surface area (TPSA) is 50.4 Å². The van der Waals surface area contributed by atoms with Crippen molar-refractivity contribution in [3.63, 3.8) is 0 Å². The molecule has 0 saturated carbocycles. The third-order valence-corrected chi connectivity index (χ3v) is 5.67. The first kappa shape index (κ1) is 22.5. The first-order chi connectivity index (χ1) is 13.5. The molecule has 2 rings (SSSR count). The van der Waals surface area contributed by atoms with Gasteiger partial charge in [0.05, 0.1) is 12.2 Å². The van der Waals surface area contributed by atoms with E-state index in [1.54, 1.807) is 19.1 Å². The molecule has 0 atom stereocenters. The molecule has 0 unspecified atom stereocenters. The molecule has 28 heavy (non-hydrogen) atoms. The van der Waals surface area contributed by atoms with Crippen molar-refractivity contribution in [2.24, 2.45) is 0 Å². The quantitative estimate of drug-likeness (QED) is 0.310. The van der Waals surface area contributed by atoms with Gasteiger partial charge in [0.25, 0.3) is 0 Å². The van der Waals surface area contributed by atoms with Gasteiger partial charge in [0.1, 0.15) is 0 Å². The van der Waals surface area contributed by atoms with Gasteiger partial charge in [-0.15, -0.1) is 0 Å². The maximum Gasteiger partial charge on any atom is 0.338 e. The number of aryl methyl sites for hydroxylation is 1. The van der Waals surface area contributed by atoms with Crippen LogP contribution in [0, 0.1) is 6.92 Å². The van der Waals surface area contributed by atoms with Crippen molar-refractivity contribution in [2.75, 3.05) is 24.2 Å². The van der Waals surface area contributed by atoms with Gasteiger partial charge in [0.15, 0.2) is 5.11 Å². The largest absolute Gasteiger partial charge is 0.462 e. The number of carbonyl (C=O) groups excluding carboxylic acids is 1. The predicted molar refractivity (Wildman–Crippen MR) is 124 cm³/mol. The number of esters is 1. The monoisotopic (exact) mass is 436 g/mol. The number of hydrogen-bond acceptors (Lipinski definition) is 4. The van der Waals surface area contributed by atoms with Crippen LogP contribution < -0.4 is 10.6 Å². The molecule has 0 spiro atoms. The highest BCUT2D eigenvalue weighted by Crippen LogP contribution is 2.21. The molecular weight excluding hydrogens is 412 g/mol. The summed E-state index contributed by atoms with van der Waals surface area (Å²) in [6.07, 6.45) is 0.985. The van der Waals surface area contributed by atoms with Crippen LogP contribution in [-0.4, -0.2) is 30.0 Å². The molecule has 0 saturated heterocycles. The fourth-order valence-electron chi connectivity index (χ4n) is 2.44. The van der Waals surface area contributed by atoms with E-state index in [1.807, 2.05) is 43.0 Å². The summed E-state index contributed by atoms with van der Waals surface area (Å²) in [4.78, 5) is 11.9. The third-order valence-electron chi connectivity index (χ3n) is 3.96. The molecule has 150 valence electrons. The Hall–Kier alpha value is -1.76. The van der Waals surface area contributed by atoms with Crippen LogP contribution in [0.15, 0.2) is 42.5 Å². The number of thiocarbonyl (C=S) groups is 1. The van der Waals surface area contributed by atoms with E-state index in [2.05, 4.69) is 16.7 Å². The number of anilines is 1. The third kappa shape index (κ3) is 7.34. The minimum atomic E-state index is -0.333. The van der Waals surface area contributed by atoms with Gasteiger partial charge >= 0.3 is 5.97 Å². The van der Waals surface area contributed by atoms with Crippen molar-refractivity contribution in [2.45, 2.75) is 26.0 Å². The summed E-state index contributed by atoms with van der Waals surface area (Å²) >= 11 is 13.4. The van der Waals surface area contributed by atoms with Gasteiger partial charge in [-0.3, -0.25) is 0 Å². The Bertz CT molecular complexity index is 815. The predicted octanol–water partition coefficient (Wildman–Crippen LogP) is 5.44. The molecule has 7 heteroatoms. The molecule has 0 fully saturated rings. The Kier molecular flexibility index (Phi) is 9.61. The summed E-state index contributed by atoms with van der Waals surface area (Å²) in [6, 6.07) is 13.3. The van der Waals surface area contributed by atoms with Crippen molar-refractivity contribution in [3.05, 3.63) is 64.2 Å². The maximum atomic E-state index is 11.9. The van der Waals surface area contributed by atoms with E-state index in [0.29, 0.717) is 17.3 Å². The van der Waals surface area contributed by atoms with Gasteiger partial charge in [0, 0.05) is 23.0 Å². The van der Waals surface area contributed by atoms with E-state index in [0.717, 1.165) is 46.3 Å². The first-order valence-electron chi connectivity index (χ1n) is 9.15. The van der Waals surface area contributed by atoms with Crippen LogP contribution in [0.1, 0.15) is 34.8 Å². The number of benzene rings is 2. The average molecular weight is 437 g/mol. The number of ether oxygens (including phenoxy) is 1. The van der Waals surface area contributed by atoms with Gasteiger partial charge in [0.2, 0.25) is 0 Å². The minimum Gasteiger partial charge on any atom is -0.462 e. The highest BCUT2D eigenvalue weighted by Gasteiger charge is 2.09. The second-order valence-electron chi connectivity index (χ2n) is 6.13. The lowest BCUT2D eigenvalue weighted by atomic mass is 10.1. The molecule has 0 aliphatic heterocycles. The lowest BCUT2D eigenvalue weighted by Crippen LogP contribution is -2.29. The Labute approximate surface area is 181 Å². The van der Waals surface area contributed by atoms with E-state index in [-0.39, 0.29) is 5.97 Å². The number of halogens is 1. The molecule has 0 heterocycles. The summed E-state index contributed by atoms with van der Waals surface area (Å²) in [5.74, 6) is 1.58. The fourth-order valence-corrected chi connectivity index (χ4v) is 3.90. The standard InChI is InChI=1S/C21H25ClN2O2S2/c1-3-26-20(25)16-10-9-15(2)19(13-16)24-21(27)23-11-6-12-28-14-17-7-4-5-8-18(17)22/h4-5,7-10,13H,3,6,11-12,14H2,1-2H3,(H2,23,24,27). The maximum absolute atomic E-state index is 11.9. The van der Waals surface area contributed by atoms with Gasteiger partial charge < -0.3 is 15.4 Å². The minimum absolute atomic E-state index is 0.333. The number of nitrogens with one attached hydrogen (secondary N) is 2. The summed E-state index contributed by atoms with van der Waals surface area (Å²) < 4.78 is 5.04. The highest BCUT2D eigenvalue weighted by molar-refractivity contribution is 7.98. The smallest absolute Gasteiger partial charge is 0.338 e. The van der Waals surface area contributed by atoms with Crippen LogP contribution in [0.25, 0.3) is 0 Å². The summed E-state index contributed by atoms with van der Waals surface area (Å²) in [5.41, 5.74) is 3.48. The zero-order chi connectivity index (χ0) is 20.4. The summed E-state index contributed by atoms with van der Waals surface area (Å²) in [6.45, 7) is 4.88. The molecule has 0 aliphatic rings. The molecular formula is C21H25ClN2O2S2. The van der Waals surface area contributed by atoms with E-state index in [9.17, 15) is 4.79 Å². The van der Waals surface area contributed by atoms with E-state index >= 15 is 0 Å². The van der Waals surface area contributed by atoms with Crippen molar-refractivity contribution in [1.29, 1.82) is 0 Å². The van der Waals surface area contributed by atoms with Gasteiger partial charge in [-0.2, -0.15) is 11.8 Å². The van der Waals surface area contributed by atoms with Crippen molar-refractivity contribution < 1.29 is 9.53 Å². The number of hydrogen-bond donors (Lipinski definition) is 2. The highest BCUT2D eigenvalue weighted by atomic mass is 35.5. The normalized spacial score (nSPS) is 10.4. The molecule has 4 nitrogen and oxygen atoms in total. The molecule has 0 radical (unpaired) electrons. The Morgan fingerprint density at radius 2 is 2.04 bits per heavy atom. The lowest BCUT2D eigenvalue weighted by Gasteiger charge is -2.13. The van der Waals surface area contributed by atoms with Crippen LogP contribution in [-0.2, 0) is 10.5 Å². The molecule has 2 aromatic rings. The Morgan fingerprint density at radius 1 is 1.25 bits per heavy atom. The second kappa shape index (κ2) is 11.9. The molecule has 0 aromatic heterocycles. The van der Waals surface area contributed by atoms with Crippen molar-refractivity contribution >= 4 is 52.3 Å².